The highest BCUT2D eigenvalue weighted by molar-refractivity contribution is 5.85. The summed E-state index contributed by atoms with van der Waals surface area (Å²) in [7, 11) is 0. The molecular weight excluding hydrogens is 246 g/mol. The Balaban J connectivity index is 2.71. The second-order valence-electron chi connectivity index (χ2n) is 5.55. The number of aromatic hydroxyl groups is 1. The number of amides is 1. The van der Waals surface area contributed by atoms with E-state index in [0.29, 0.717) is 5.56 Å². The van der Waals surface area contributed by atoms with E-state index in [9.17, 15) is 14.7 Å². The van der Waals surface area contributed by atoms with Crippen LogP contribution in [-0.4, -0.2) is 28.1 Å². The van der Waals surface area contributed by atoms with Crippen LogP contribution in [0.15, 0.2) is 24.3 Å². The van der Waals surface area contributed by atoms with Gasteiger partial charge in [0.05, 0.1) is 6.42 Å². The Kier molecular flexibility index (Phi) is 4.53. The molecular formula is C14H19NO4. The van der Waals surface area contributed by atoms with Crippen LogP contribution >= 0.6 is 0 Å². The first-order valence-electron chi connectivity index (χ1n) is 6.00. The summed E-state index contributed by atoms with van der Waals surface area (Å²) < 4.78 is 0. The monoisotopic (exact) mass is 265 g/mol. The van der Waals surface area contributed by atoms with Crippen LogP contribution in [0.4, 0.5) is 0 Å². The summed E-state index contributed by atoms with van der Waals surface area (Å²) in [6.45, 7) is 5.25. The van der Waals surface area contributed by atoms with Crippen molar-refractivity contribution in [1.82, 2.24) is 5.32 Å². The summed E-state index contributed by atoms with van der Waals surface area (Å²) >= 11 is 0. The van der Waals surface area contributed by atoms with Crippen LogP contribution in [0.25, 0.3) is 0 Å². The minimum absolute atomic E-state index is 0.0360. The molecule has 0 aliphatic rings. The van der Waals surface area contributed by atoms with Crippen molar-refractivity contribution in [2.75, 3.05) is 0 Å². The molecule has 0 aliphatic heterocycles. The first-order chi connectivity index (χ1) is 8.70. The number of hydrogen-bond donors (Lipinski definition) is 3. The SMILES string of the molecule is CC(C)(C)C(NC(=O)Cc1cccc(O)c1)C(=O)O. The van der Waals surface area contributed by atoms with Gasteiger partial charge in [-0.3, -0.25) is 4.79 Å². The fraction of sp³-hybridized carbons (Fsp3) is 0.429. The van der Waals surface area contributed by atoms with Gasteiger partial charge in [-0.2, -0.15) is 0 Å². The molecule has 0 spiro atoms. The zero-order valence-electron chi connectivity index (χ0n) is 11.3. The van der Waals surface area contributed by atoms with E-state index >= 15 is 0 Å². The Hall–Kier alpha value is -2.04. The summed E-state index contributed by atoms with van der Waals surface area (Å²) in [6.07, 6.45) is 0.0360. The summed E-state index contributed by atoms with van der Waals surface area (Å²) in [6, 6.07) is 5.38. The molecule has 5 heteroatoms. The molecule has 0 bridgehead atoms. The quantitative estimate of drug-likeness (QED) is 0.771. The van der Waals surface area contributed by atoms with Crippen molar-refractivity contribution >= 4 is 11.9 Å². The number of benzene rings is 1. The molecule has 19 heavy (non-hydrogen) atoms. The van der Waals surface area contributed by atoms with E-state index < -0.39 is 17.4 Å². The number of carboxylic acids is 1. The smallest absolute Gasteiger partial charge is 0.326 e. The molecule has 1 amide bonds. The van der Waals surface area contributed by atoms with E-state index in [-0.39, 0.29) is 18.1 Å². The largest absolute Gasteiger partial charge is 0.508 e. The average Bonchev–Trinajstić information content (AvgIpc) is 2.24. The number of rotatable bonds is 4. The third kappa shape index (κ3) is 4.62. The number of carboxylic acid groups (broad SMARTS) is 1. The molecule has 0 fully saturated rings. The molecule has 0 heterocycles. The zero-order chi connectivity index (χ0) is 14.6. The molecule has 3 N–H and O–H groups in total. The summed E-state index contributed by atoms with van der Waals surface area (Å²) in [4.78, 5) is 23.0. The minimum Gasteiger partial charge on any atom is -0.508 e. The molecule has 104 valence electrons. The van der Waals surface area contributed by atoms with Crippen LogP contribution in [0.3, 0.4) is 0 Å². The molecule has 1 aromatic carbocycles. The molecule has 0 radical (unpaired) electrons. The van der Waals surface area contributed by atoms with E-state index in [4.69, 9.17) is 5.11 Å². The zero-order valence-corrected chi connectivity index (χ0v) is 11.3. The Morgan fingerprint density at radius 3 is 2.42 bits per heavy atom. The van der Waals surface area contributed by atoms with Gasteiger partial charge in [0.25, 0.3) is 0 Å². The van der Waals surface area contributed by atoms with Crippen LogP contribution in [0.5, 0.6) is 5.75 Å². The van der Waals surface area contributed by atoms with Gasteiger partial charge in [0, 0.05) is 0 Å². The molecule has 1 rings (SSSR count). The molecule has 0 aromatic heterocycles. The third-order valence-corrected chi connectivity index (χ3v) is 2.69. The van der Waals surface area contributed by atoms with E-state index in [0.717, 1.165) is 0 Å². The van der Waals surface area contributed by atoms with Crippen molar-refractivity contribution in [3.05, 3.63) is 29.8 Å². The Morgan fingerprint density at radius 1 is 1.32 bits per heavy atom. The van der Waals surface area contributed by atoms with Crippen molar-refractivity contribution < 1.29 is 19.8 Å². The van der Waals surface area contributed by atoms with Crippen LogP contribution in [0.1, 0.15) is 26.3 Å². The first-order valence-corrected chi connectivity index (χ1v) is 6.00. The van der Waals surface area contributed by atoms with Crippen molar-refractivity contribution in [3.63, 3.8) is 0 Å². The summed E-state index contributed by atoms with van der Waals surface area (Å²) in [5.41, 5.74) is 0.0656. The van der Waals surface area contributed by atoms with Gasteiger partial charge < -0.3 is 15.5 Å². The molecule has 0 aliphatic carbocycles. The second kappa shape index (κ2) is 5.73. The topological polar surface area (TPSA) is 86.6 Å². The number of carbonyl (C=O) groups is 2. The highest BCUT2D eigenvalue weighted by Crippen LogP contribution is 2.19. The van der Waals surface area contributed by atoms with Crippen LogP contribution in [0, 0.1) is 5.41 Å². The lowest BCUT2D eigenvalue weighted by molar-refractivity contribution is -0.144. The summed E-state index contributed by atoms with van der Waals surface area (Å²) in [5.74, 6) is -1.36. The number of nitrogens with one attached hydrogen (secondary N) is 1. The number of aliphatic carboxylic acids is 1. The number of phenolic OH excluding ortho intramolecular Hbond substituents is 1. The number of carbonyl (C=O) groups excluding carboxylic acids is 1. The van der Waals surface area contributed by atoms with Gasteiger partial charge in [0.1, 0.15) is 11.8 Å². The lowest BCUT2D eigenvalue weighted by Crippen LogP contribution is -2.49. The maximum absolute atomic E-state index is 11.8. The minimum atomic E-state index is -1.06. The number of phenols is 1. The third-order valence-electron chi connectivity index (χ3n) is 2.69. The standard InChI is InChI=1S/C14H19NO4/c1-14(2,3)12(13(18)19)15-11(17)8-9-5-4-6-10(16)7-9/h4-7,12,16H,8H2,1-3H3,(H,15,17)(H,18,19). The van der Waals surface area contributed by atoms with E-state index in [1.807, 2.05) is 0 Å². The van der Waals surface area contributed by atoms with Gasteiger partial charge in [0.15, 0.2) is 0 Å². The van der Waals surface area contributed by atoms with Crippen molar-refractivity contribution in [3.8, 4) is 5.75 Å². The Bertz CT molecular complexity index is 477. The van der Waals surface area contributed by atoms with Gasteiger partial charge >= 0.3 is 5.97 Å². The van der Waals surface area contributed by atoms with Gasteiger partial charge in [-0.1, -0.05) is 32.9 Å². The molecule has 1 atom stereocenters. The molecule has 1 aromatic rings. The number of hydrogen-bond acceptors (Lipinski definition) is 3. The lowest BCUT2D eigenvalue weighted by atomic mass is 9.86. The maximum atomic E-state index is 11.8. The molecule has 5 nitrogen and oxygen atoms in total. The van der Waals surface area contributed by atoms with Crippen molar-refractivity contribution in [1.29, 1.82) is 0 Å². The second-order valence-corrected chi connectivity index (χ2v) is 5.55. The van der Waals surface area contributed by atoms with Gasteiger partial charge in [-0.25, -0.2) is 4.79 Å². The van der Waals surface area contributed by atoms with E-state index in [1.165, 1.54) is 12.1 Å². The van der Waals surface area contributed by atoms with Gasteiger partial charge in [-0.05, 0) is 23.1 Å². The lowest BCUT2D eigenvalue weighted by Gasteiger charge is -2.27. The fourth-order valence-electron chi connectivity index (χ4n) is 1.71. The normalized spacial score (nSPS) is 12.8. The highest BCUT2D eigenvalue weighted by Gasteiger charge is 2.32. The fourth-order valence-corrected chi connectivity index (χ4v) is 1.71. The summed E-state index contributed by atoms with van der Waals surface area (Å²) in [5, 5.41) is 20.9. The van der Waals surface area contributed by atoms with Crippen molar-refractivity contribution in [2.24, 2.45) is 5.41 Å². The molecule has 0 saturated heterocycles. The molecule has 1 unspecified atom stereocenters. The van der Waals surface area contributed by atoms with Gasteiger partial charge in [-0.15, -0.1) is 0 Å². The predicted octanol–water partition coefficient (Wildman–Crippen LogP) is 1.55. The highest BCUT2D eigenvalue weighted by atomic mass is 16.4. The first kappa shape index (κ1) is 15.0. The van der Waals surface area contributed by atoms with Gasteiger partial charge in [0.2, 0.25) is 5.91 Å². The van der Waals surface area contributed by atoms with Crippen LogP contribution in [-0.2, 0) is 16.0 Å². The van der Waals surface area contributed by atoms with Crippen molar-refractivity contribution in [2.45, 2.75) is 33.2 Å². The maximum Gasteiger partial charge on any atom is 0.326 e. The van der Waals surface area contributed by atoms with E-state index in [1.54, 1.807) is 32.9 Å². The van der Waals surface area contributed by atoms with Crippen LogP contribution in [0.2, 0.25) is 0 Å². The van der Waals surface area contributed by atoms with E-state index in [2.05, 4.69) is 5.32 Å². The predicted molar refractivity (Wildman–Crippen MR) is 70.8 cm³/mol. The Morgan fingerprint density at radius 2 is 1.95 bits per heavy atom. The average molecular weight is 265 g/mol. The van der Waals surface area contributed by atoms with Crippen LogP contribution < -0.4 is 5.32 Å². The Labute approximate surface area is 112 Å². The molecule has 0 saturated carbocycles.